The molecular weight excluding hydrogens is 458 g/mol. The third kappa shape index (κ3) is 3.88. The molecule has 0 aromatic heterocycles. The molecule has 3 atom stereocenters. The van der Waals surface area contributed by atoms with Crippen molar-refractivity contribution in [2.45, 2.75) is 50.0 Å². The van der Waals surface area contributed by atoms with Crippen molar-refractivity contribution in [1.29, 1.82) is 0 Å². The first kappa shape index (κ1) is 23.2. The number of hydrogen-bond donors (Lipinski definition) is 3. The maximum atomic E-state index is 13.1. The number of aliphatic hydroxyl groups is 1. The van der Waals surface area contributed by atoms with Gasteiger partial charge in [-0.05, 0) is 50.2 Å². The molecule has 0 bridgehead atoms. The van der Waals surface area contributed by atoms with Crippen molar-refractivity contribution >= 4 is 29.7 Å². The van der Waals surface area contributed by atoms with Crippen molar-refractivity contribution in [2.24, 2.45) is 15.9 Å². The Balaban J connectivity index is 1.19. The summed E-state index contributed by atoms with van der Waals surface area (Å²) in [6.45, 7) is 3.26. The number of fused-ring (bicyclic) bond motifs is 4. The number of nitrogens with zero attached hydrogens (tertiary/aromatic N) is 5. The van der Waals surface area contributed by atoms with E-state index in [0.29, 0.717) is 11.5 Å². The van der Waals surface area contributed by atoms with Gasteiger partial charge in [0, 0.05) is 43.6 Å². The molecule has 5 aliphatic rings. The lowest BCUT2D eigenvalue weighted by Crippen LogP contribution is -2.68. The smallest absolute Gasteiger partial charge is 0.253 e. The van der Waals surface area contributed by atoms with Crippen LogP contribution in [0, 0.1) is 5.92 Å². The minimum absolute atomic E-state index is 0.0507. The maximum Gasteiger partial charge on any atom is 0.253 e. The topological polar surface area (TPSA) is 113 Å². The van der Waals surface area contributed by atoms with Crippen LogP contribution >= 0.6 is 0 Å². The number of amides is 2. The highest BCUT2D eigenvalue weighted by Crippen LogP contribution is 2.46. The second-order valence-electron chi connectivity index (χ2n) is 10.4. The van der Waals surface area contributed by atoms with Gasteiger partial charge in [-0.25, -0.2) is 9.98 Å². The monoisotopic (exact) mass is 491 g/mol. The van der Waals surface area contributed by atoms with E-state index >= 15 is 0 Å². The first-order valence-corrected chi connectivity index (χ1v) is 12.9. The molecule has 1 saturated carbocycles. The number of hydrogen-bond acceptors (Lipinski definition) is 8. The standard InChI is InChI=1S/C26H33N7O3/c1-31-11-13-32(14-12-31)23(35)17-5-7-19(8-6-17)28-25-27-16-18-15-20-22(34)30-24(36)26(9-3-2-4-10-26)33(20)21(18)29-25/h5-8,15-16,18,21-22,34H,2-4,9-14H2,1H3,(H,28,29)(H,30,36). The normalized spacial score (nSPS) is 29.3. The van der Waals surface area contributed by atoms with Gasteiger partial charge >= 0.3 is 0 Å². The molecule has 4 heterocycles. The van der Waals surface area contributed by atoms with Gasteiger partial charge in [-0.1, -0.05) is 19.3 Å². The minimum Gasteiger partial charge on any atom is -0.368 e. The van der Waals surface area contributed by atoms with Crippen LogP contribution in [0.1, 0.15) is 42.5 Å². The molecule has 1 aromatic rings. The van der Waals surface area contributed by atoms with Crippen molar-refractivity contribution in [3.63, 3.8) is 0 Å². The highest BCUT2D eigenvalue weighted by atomic mass is 16.3. The Morgan fingerprint density at radius 2 is 1.83 bits per heavy atom. The number of benzene rings is 1. The zero-order valence-corrected chi connectivity index (χ0v) is 20.6. The largest absolute Gasteiger partial charge is 0.368 e. The Labute approximate surface area is 210 Å². The summed E-state index contributed by atoms with van der Waals surface area (Å²) in [6.07, 6.45) is 7.05. The molecule has 36 heavy (non-hydrogen) atoms. The summed E-state index contributed by atoms with van der Waals surface area (Å²) in [4.78, 5) is 41.5. The third-order valence-corrected chi connectivity index (χ3v) is 8.16. The van der Waals surface area contributed by atoms with Gasteiger partial charge in [0.2, 0.25) is 11.9 Å². The van der Waals surface area contributed by atoms with Gasteiger partial charge in [0.25, 0.3) is 5.91 Å². The number of aliphatic hydroxyl groups excluding tert-OH is 1. The molecule has 10 heteroatoms. The lowest BCUT2D eigenvalue weighted by atomic mass is 9.77. The van der Waals surface area contributed by atoms with E-state index in [0.717, 1.165) is 69.7 Å². The fourth-order valence-corrected chi connectivity index (χ4v) is 6.12. The molecule has 6 rings (SSSR count). The summed E-state index contributed by atoms with van der Waals surface area (Å²) < 4.78 is 0. The van der Waals surface area contributed by atoms with Gasteiger partial charge in [-0.2, -0.15) is 0 Å². The highest BCUT2D eigenvalue weighted by molar-refractivity contribution is 6.01. The molecule has 3 unspecified atom stereocenters. The van der Waals surface area contributed by atoms with Crippen LogP contribution < -0.4 is 10.6 Å². The fourth-order valence-electron chi connectivity index (χ4n) is 6.12. The average molecular weight is 492 g/mol. The quantitative estimate of drug-likeness (QED) is 0.574. The van der Waals surface area contributed by atoms with Crippen molar-refractivity contribution in [2.75, 3.05) is 38.5 Å². The minimum atomic E-state index is -1.03. The van der Waals surface area contributed by atoms with Crippen LogP contribution in [0.2, 0.25) is 0 Å². The zero-order valence-electron chi connectivity index (χ0n) is 20.6. The molecule has 2 saturated heterocycles. The Morgan fingerprint density at radius 1 is 1.11 bits per heavy atom. The van der Waals surface area contributed by atoms with Gasteiger partial charge < -0.3 is 30.4 Å². The van der Waals surface area contributed by atoms with Gasteiger partial charge in [0.05, 0.1) is 11.6 Å². The number of piperazine rings is 2. The molecule has 1 spiro atoms. The number of carbonyl (C=O) groups excluding carboxylic acids is 2. The van der Waals surface area contributed by atoms with Gasteiger partial charge in [-0.15, -0.1) is 0 Å². The van der Waals surface area contributed by atoms with Gasteiger partial charge in [0.15, 0.2) is 6.23 Å². The molecule has 3 fully saturated rings. The molecule has 10 nitrogen and oxygen atoms in total. The molecule has 0 radical (unpaired) electrons. The molecule has 4 aliphatic heterocycles. The van der Waals surface area contributed by atoms with Crippen LogP contribution in [0.5, 0.6) is 0 Å². The van der Waals surface area contributed by atoms with E-state index in [-0.39, 0.29) is 23.9 Å². The van der Waals surface area contributed by atoms with Crippen LogP contribution in [0.4, 0.5) is 5.69 Å². The Bertz CT molecular complexity index is 1130. The van der Waals surface area contributed by atoms with E-state index in [4.69, 9.17) is 4.99 Å². The molecule has 3 N–H and O–H groups in total. The second kappa shape index (κ2) is 9.01. The summed E-state index contributed by atoms with van der Waals surface area (Å²) in [5.74, 6) is 0.292. The van der Waals surface area contributed by atoms with E-state index in [9.17, 15) is 14.7 Å². The number of anilines is 1. The van der Waals surface area contributed by atoms with Crippen LogP contribution in [-0.2, 0) is 4.79 Å². The number of aliphatic imine (C=N–C) groups is 2. The fraction of sp³-hybridized carbons (Fsp3) is 0.538. The zero-order chi connectivity index (χ0) is 24.9. The van der Waals surface area contributed by atoms with Crippen LogP contribution in [0.15, 0.2) is 46.0 Å². The van der Waals surface area contributed by atoms with Crippen molar-refractivity contribution in [3.05, 3.63) is 41.6 Å². The maximum absolute atomic E-state index is 13.1. The Morgan fingerprint density at radius 3 is 2.56 bits per heavy atom. The molecule has 1 aromatic carbocycles. The average Bonchev–Trinajstić information content (AvgIpc) is 3.29. The molecule has 1 aliphatic carbocycles. The summed E-state index contributed by atoms with van der Waals surface area (Å²) in [7, 11) is 2.07. The number of nitrogens with one attached hydrogen (secondary N) is 2. The summed E-state index contributed by atoms with van der Waals surface area (Å²) in [6, 6.07) is 7.39. The molecular formula is C26H33N7O3. The summed E-state index contributed by atoms with van der Waals surface area (Å²) in [5, 5.41) is 16.6. The lowest BCUT2D eigenvalue weighted by Gasteiger charge is -2.52. The number of guanidine groups is 1. The second-order valence-corrected chi connectivity index (χ2v) is 10.4. The van der Waals surface area contributed by atoms with Crippen molar-refractivity contribution < 1.29 is 14.7 Å². The predicted octanol–water partition coefficient (Wildman–Crippen LogP) is 1.22. The Kier molecular flexibility index (Phi) is 5.80. The number of carbonyl (C=O) groups is 2. The molecule has 190 valence electrons. The van der Waals surface area contributed by atoms with Crippen LogP contribution in [-0.4, -0.2) is 95.0 Å². The first-order chi connectivity index (χ1) is 17.4. The SMILES string of the molecule is CN1CCN(C(=O)c2ccc(NC3=NC4C(C=N3)C=C3C(O)NC(=O)C5(CCCCC5)N34)cc2)CC1. The summed E-state index contributed by atoms with van der Waals surface area (Å²) in [5.41, 5.74) is 1.49. The van der Waals surface area contributed by atoms with Crippen LogP contribution in [0.3, 0.4) is 0 Å². The summed E-state index contributed by atoms with van der Waals surface area (Å²) >= 11 is 0. The highest BCUT2D eigenvalue weighted by Gasteiger charge is 2.56. The van der Waals surface area contributed by atoms with E-state index in [1.54, 1.807) is 0 Å². The van der Waals surface area contributed by atoms with Gasteiger partial charge in [-0.3, -0.25) is 9.59 Å². The van der Waals surface area contributed by atoms with Gasteiger partial charge in [0.1, 0.15) is 11.7 Å². The number of rotatable bonds is 2. The van der Waals surface area contributed by atoms with E-state index in [1.807, 2.05) is 41.5 Å². The molecule has 2 amide bonds. The van der Waals surface area contributed by atoms with Crippen LogP contribution in [0.25, 0.3) is 0 Å². The van der Waals surface area contributed by atoms with E-state index < -0.39 is 11.8 Å². The third-order valence-electron chi connectivity index (χ3n) is 8.16. The van der Waals surface area contributed by atoms with Crippen molar-refractivity contribution in [1.82, 2.24) is 20.0 Å². The number of likely N-dealkylation sites (N-methyl/N-ethyl adjacent to an activating group) is 1. The van der Waals surface area contributed by atoms with E-state index in [1.165, 1.54) is 0 Å². The lowest BCUT2D eigenvalue weighted by molar-refractivity contribution is -0.145. The first-order valence-electron chi connectivity index (χ1n) is 12.9. The predicted molar refractivity (Wildman–Crippen MR) is 137 cm³/mol. The van der Waals surface area contributed by atoms with Crippen molar-refractivity contribution in [3.8, 4) is 0 Å². The van der Waals surface area contributed by atoms with E-state index in [2.05, 4.69) is 32.5 Å². The Hall–Kier alpha value is -3.24.